The van der Waals surface area contributed by atoms with Gasteiger partial charge < -0.3 is 25.1 Å². The van der Waals surface area contributed by atoms with E-state index in [0.29, 0.717) is 43.0 Å². The monoisotopic (exact) mass is 660 g/mol. The molecule has 47 heavy (non-hydrogen) atoms. The molecule has 4 saturated heterocycles. The van der Waals surface area contributed by atoms with Gasteiger partial charge in [-0.1, -0.05) is 0 Å². The third-order valence-corrected chi connectivity index (χ3v) is 10.5. The molecule has 6 heterocycles. The minimum absolute atomic E-state index is 0.0820. The molecule has 8 nitrogen and oxygen atoms in total. The highest BCUT2D eigenvalue weighted by Gasteiger charge is 2.49. The summed E-state index contributed by atoms with van der Waals surface area (Å²) in [5.41, 5.74) is 1.02. The Morgan fingerprint density at radius 1 is 1.09 bits per heavy atom. The van der Waals surface area contributed by atoms with Crippen molar-refractivity contribution in [3.8, 4) is 17.1 Å². The van der Waals surface area contributed by atoms with Gasteiger partial charge in [0.1, 0.15) is 41.3 Å². The number of nitrogens with zero attached hydrogens (tertiary/aromatic N) is 4. The lowest BCUT2D eigenvalue weighted by Gasteiger charge is -2.35. The molecule has 2 aromatic heterocycles. The Morgan fingerprint density at radius 2 is 1.83 bits per heavy atom. The lowest BCUT2D eigenvalue weighted by molar-refractivity contribution is -0.137. The minimum atomic E-state index is -5.05. The van der Waals surface area contributed by atoms with E-state index in [0.717, 1.165) is 45.2 Å². The number of rotatable bonds is 5. The van der Waals surface area contributed by atoms with Crippen LogP contribution in [0.2, 0.25) is 0 Å². The van der Waals surface area contributed by atoms with E-state index in [4.69, 9.17) is 19.9 Å². The van der Waals surface area contributed by atoms with Gasteiger partial charge in [0.05, 0.1) is 27.7 Å². The summed E-state index contributed by atoms with van der Waals surface area (Å²) in [5, 5.41) is 4.15. The molecule has 0 saturated carbocycles. The van der Waals surface area contributed by atoms with Crippen LogP contribution in [-0.2, 0) is 6.18 Å². The first-order valence-corrected chi connectivity index (χ1v) is 16.0. The number of nitrogens with one attached hydrogen (secondary N) is 1. The largest absolute Gasteiger partial charge is 0.461 e. The molecule has 250 valence electrons. The zero-order valence-electron chi connectivity index (χ0n) is 25.9. The second kappa shape index (κ2) is 10.6. The number of furan rings is 1. The van der Waals surface area contributed by atoms with Crippen LogP contribution in [0, 0.1) is 25.5 Å². The van der Waals surface area contributed by atoms with E-state index >= 15 is 4.39 Å². The zero-order chi connectivity index (χ0) is 33.0. The molecule has 2 aromatic carbocycles. The summed E-state index contributed by atoms with van der Waals surface area (Å²) >= 11 is 0. The molecule has 14 heteroatoms. The van der Waals surface area contributed by atoms with Gasteiger partial charge in [-0.25, -0.2) is 13.2 Å². The van der Waals surface area contributed by atoms with E-state index in [-0.39, 0.29) is 41.2 Å². The Labute approximate surface area is 266 Å². The normalized spacial score (nSPS) is 26.2. The van der Waals surface area contributed by atoms with E-state index in [1.54, 1.807) is 13.0 Å². The maximum Gasteiger partial charge on any atom is 0.417 e. The van der Waals surface area contributed by atoms with Gasteiger partial charge in [0.2, 0.25) is 0 Å². The van der Waals surface area contributed by atoms with Crippen molar-refractivity contribution in [1.29, 1.82) is 0 Å². The van der Waals surface area contributed by atoms with Crippen molar-refractivity contribution >= 4 is 33.4 Å². The highest BCUT2D eigenvalue weighted by atomic mass is 19.4. The van der Waals surface area contributed by atoms with Crippen LogP contribution in [0.25, 0.3) is 33.0 Å². The molecular weight excluding hydrogens is 626 g/mol. The Hall–Kier alpha value is -3.78. The zero-order valence-corrected chi connectivity index (χ0v) is 25.9. The predicted octanol–water partition coefficient (Wildman–Crippen LogP) is 6.43. The van der Waals surface area contributed by atoms with Gasteiger partial charge in [0.15, 0.2) is 5.82 Å². The van der Waals surface area contributed by atoms with Crippen molar-refractivity contribution in [2.75, 3.05) is 43.4 Å². The van der Waals surface area contributed by atoms with Crippen molar-refractivity contribution in [2.45, 2.75) is 75.9 Å². The minimum Gasteiger partial charge on any atom is -0.461 e. The molecule has 2 bridgehead atoms. The van der Waals surface area contributed by atoms with Gasteiger partial charge in [0, 0.05) is 49.1 Å². The standard InChI is InChI=1S/C33H34F6N6O2/c1-15-8-21-24-28(27(36)23(29(21)47-15)20-9-22(40)26(35)16(2)25(20)33(37,38)39)42-31(43-30(24)44-12-18-4-5-19(13-44)41-18)46-14-32-6-3-7-45(32)11-17(34)10-32/h8-9,17-19,41H,3-7,10-14,40H2,1-2H3/t17-,18-,19+,32+/m1/s1. The molecule has 0 spiro atoms. The SMILES string of the molecule is Cc1cc2c(o1)c(-c1cc(N)c(F)c(C)c1C(F)(F)F)c(F)c1nc(OC[C@@]34CCCN3C[C@H](F)C4)nc(N3C[C@H]4CC[C@@H](C3)N4)c12. The Bertz CT molecular complexity index is 1920. The number of nitrogens with two attached hydrogens (primary N) is 1. The third kappa shape index (κ3) is 4.81. The van der Waals surface area contributed by atoms with Crippen molar-refractivity contribution in [2.24, 2.45) is 0 Å². The summed E-state index contributed by atoms with van der Waals surface area (Å²) in [6.07, 6.45) is -2.20. The number of aryl methyl sites for hydroxylation is 1. The molecule has 4 aromatic rings. The molecule has 4 aliphatic rings. The average molecular weight is 661 g/mol. The van der Waals surface area contributed by atoms with Crippen LogP contribution in [0.1, 0.15) is 49.0 Å². The first kappa shape index (κ1) is 30.5. The summed E-state index contributed by atoms with van der Waals surface area (Å²) in [7, 11) is 0. The van der Waals surface area contributed by atoms with E-state index in [1.165, 1.54) is 0 Å². The molecule has 3 N–H and O–H groups in total. The van der Waals surface area contributed by atoms with E-state index in [9.17, 15) is 22.0 Å². The van der Waals surface area contributed by atoms with Crippen LogP contribution in [0.5, 0.6) is 6.01 Å². The molecule has 4 aliphatic heterocycles. The van der Waals surface area contributed by atoms with Gasteiger partial charge >= 0.3 is 12.2 Å². The number of alkyl halides is 4. The molecule has 4 fully saturated rings. The van der Waals surface area contributed by atoms with Crippen LogP contribution in [0.3, 0.4) is 0 Å². The molecular formula is C33H34F6N6O2. The van der Waals surface area contributed by atoms with Crippen molar-refractivity contribution in [1.82, 2.24) is 20.2 Å². The number of aromatic nitrogens is 2. The fraction of sp³-hybridized carbons (Fsp3) is 0.515. The Kier molecular flexibility index (Phi) is 6.90. The first-order chi connectivity index (χ1) is 22.3. The van der Waals surface area contributed by atoms with E-state index in [2.05, 4.69) is 15.2 Å². The summed E-state index contributed by atoms with van der Waals surface area (Å²) in [6, 6.07) is 2.62. The highest BCUT2D eigenvalue weighted by molar-refractivity contribution is 6.16. The van der Waals surface area contributed by atoms with Crippen molar-refractivity contribution in [3.63, 3.8) is 0 Å². The maximum atomic E-state index is 17.1. The number of ether oxygens (including phenoxy) is 1. The molecule has 0 amide bonds. The lowest BCUT2D eigenvalue weighted by atomic mass is 9.91. The topological polar surface area (TPSA) is 92.7 Å². The van der Waals surface area contributed by atoms with Gasteiger partial charge in [-0.2, -0.15) is 23.1 Å². The summed E-state index contributed by atoms with van der Waals surface area (Å²) in [6.45, 7) is 4.84. The number of anilines is 2. The Morgan fingerprint density at radius 3 is 2.55 bits per heavy atom. The van der Waals surface area contributed by atoms with Crippen molar-refractivity contribution in [3.05, 3.63) is 40.7 Å². The average Bonchev–Trinajstić information content (AvgIpc) is 3.75. The third-order valence-electron chi connectivity index (χ3n) is 10.5. The van der Waals surface area contributed by atoms with Crippen LogP contribution < -0.4 is 20.7 Å². The van der Waals surface area contributed by atoms with Gasteiger partial charge in [-0.05, 0) is 63.8 Å². The van der Waals surface area contributed by atoms with E-state index < -0.39 is 57.5 Å². The molecule has 8 rings (SSSR count). The molecule has 0 unspecified atom stereocenters. The number of hydrogen-bond donors (Lipinski definition) is 2. The fourth-order valence-electron chi connectivity index (χ4n) is 8.47. The van der Waals surface area contributed by atoms with Crippen LogP contribution in [0.15, 0.2) is 16.5 Å². The second-order valence-electron chi connectivity index (χ2n) is 13.6. The molecule has 0 aliphatic carbocycles. The number of fused-ring (bicyclic) bond motifs is 6. The van der Waals surface area contributed by atoms with Crippen LogP contribution >= 0.6 is 0 Å². The Balaban J connectivity index is 1.37. The number of benzene rings is 2. The van der Waals surface area contributed by atoms with Crippen LogP contribution in [0.4, 0.5) is 37.8 Å². The number of nitrogen functional groups attached to an aromatic ring is 1. The summed E-state index contributed by atoms with van der Waals surface area (Å²) < 4.78 is 102. The lowest BCUT2D eigenvalue weighted by Crippen LogP contribution is -2.51. The second-order valence-corrected chi connectivity index (χ2v) is 13.6. The van der Waals surface area contributed by atoms with Crippen molar-refractivity contribution < 1.29 is 35.5 Å². The number of halogens is 6. The predicted molar refractivity (Wildman–Crippen MR) is 164 cm³/mol. The molecule has 0 radical (unpaired) electrons. The van der Waals surface area contributed by atoms with Gasteiger partial charge in [-0.15, -0.1) is 0 Å². The summed E-state index contributed by atoms with van der Waals surface area (Å²) in [4.78, 5) is 13.4. The quantitative estimate of drug-likeness (QED) is 0.187. The number of piperazine rings is 1. The van der Waals surface area contributed by atoms with E-state index in [1.807, 2.05) is 4.90 Å². The molecule has 4 atom stereocenters. The fourth-order valence-corrected chi connectivity index (χ4v) is 8.47. The smallest absolute Gasteiger partial charge is 0.417 e. The summed E-state index contributed by atoms with van der Waals surface area (Å²) in [5.74, 6) is -1.64. The maximum absolute atomic E-state index is 17.1. The highest BCUT2D eigenvalue weighted by Crippen LogP contribution is 2.49. The van der Waals surface area contributed by atoms with Gasteiger partial charge in [-0.3, -0.25) is 4.90 Å². The number of hydrogen-bond acceptors (Lipinski definition) is 8. The van der Waals surface area contributed by atoms with Crippen LogP contribution in [-0.4, -0.2) is 71.4 Å². The van der Waals surface area contributed by atoms with Gasteiger partial charge in [0.25, 0.3) is 0 Å². The first-order valence-electron chi connectivity index (χ1n) is 16.0.